The lowest BCUT2D eigenvalue weighted by Crippen LogP contribution is -1.99. The highest BCUT2D eigenvalue weighted by molar-refractivity contribution is 8.14. The number of halogens is 3. The van der Waals surface area contributed by atoms with Gasteiger partial charge in [0.05, 0.1) is 5.25 Å². The molecule has 2 rings (SSSR count). The third kappa shape index (κ3) is 2.29. The molecule has 2 unspecified atom stereocenters. The molecular formula is C9H7ClF2O2S. The third-order valence-corrected chi connectivity index (χ3v) is 4.34. The Kier molecular flexibility index (Phi) is 2.47. The van der Waals surface area contributed by atoms with Crippen LogP contribution in [0.4, 0.5) is 8.78 Å². The van der Waals surface area contributed by atoms with E-state index < -0.39 is 25.9 Å². The van der Waals surface area contributed by atoms with Gasteiger partial charge in [0.15, 0.2) is 0 Å². The first-order valence-electron chi connectivity index (χ1n) is 4.27. The van der Waals surface area contributed by atoms with E-state index in [9.17, 15) is 17.2 Å². The second kappa shape index (κ2) is 3.42. The van der Waals surface area contributed by atoms with Crippen LogP contribution in [0.1, 0.15) is 17.9 Å². The molecule has 0 aromatic heterocycles. The van der Waals surface area contributed by atoms with E-state index >= 15 is 0 Å². The Morgan fingerprint density at radius 3 is 2.13 bits per heavy atom. The monoisotopic (exact) mass is 252 g/mol. The fraction of sp³-hybridized carbons (Fsp3) is 0.333. The zero-order valence-electron chi connectivity index (χ0n) is 7.45. The van der Waals surface area contributed by atoms with Gasteiger partial charge in [0.25, 0.3) is 0 Å². The van der Waals surface area contributed by atoms with Crippen LogP contribution in [0.5, 0.6) is 0 Å². The molecule has 0 amide bonds. The SMILES string of the molecule is O=S(=O)(Cl)C1CC1c1cc(F)cc(F)c1. The summed E-state index contributed by atoms with van der Waals surface area (Å²) in [6, 6.07) is 3.02. The molecule has 1 aromatic rings. The summed E-state index contributed by atoms with van der Waals surface area (Å²) in [5.41, 5.74) is 0.349. The van der Waals surface area contributed by atoms with Crippen LogP contribution in [-0.4, -0.2) is 13.7 Å². The average Bonchev–Trinajstić information content (AvgIpc) is 2.78. The molecule has 0 spiro atoms. The van der Waals surface area contributed by atoms with Crippen molar-refractivity contribution >= 4 is 19.7 Å². The quantitative estimate of drug-likeness (QED) is 0.758. The first-order valence-corrected chi connectivity index (χ1v) is 6.64. The van der Waals surface area contributed by atoms with Crippen LogP contribution in [0.2, 0.25) is 0 Å². The van der Waals surface area contributed by atoms with E-state index in [1.165, 1.54) is 0 Å². The van der Waals surface area contributed by atoms with Crippen molar-refractivity contribution in [3.63, 3.8) is 0 Å². The minimum atomic E-state index is -3.63. The number of hydrogen-bond donors (Lipinski definition) is 0. The Hall–Kier alpha value is -0.680. The van der Waals surface area contributed by atoms with Gasteiger partial charge in [-0.2, -0.15) is 0 Å². The molecule has 0 saturated heterocycles. The highest BCUT2D eigenvalue weighted by Gasteiger charge is 2.47. The number of hydrogen-bond acceptors (Lipinski definition) is 2. The van der Waals surface area contributed by atoms with Gasteiger partial charge in [-0.25, -0.2) is 17.2 Å². The molecule has 6 heteroatoms. The molecule has 1 aromatic carbocycles. The zero-order valence-corrected chi connectivity index (χ0v) is 9.02. The molecule has 2 atom stereocenters. The summed E-state index contributed by atoms with van der Waals surface area (Å²) in [5, 5.41) is -0.708. The summed E-state index contributed by atoms with van der Waals surface area (Å²) in [6.07, 6.45) is 0.328. The molecule has 0 heterocycles. The largest absolute Gasteiger partial charge is 0.236 e. The Bertz CT molecular complexity index is 481. The maximum Gasteiger partial charge on any atom is 0.236 e. The van der Waals surface area contributed by atoms with Gasteiger partial charge in [-0.3, -0.25) is 0 Å². The van der Waals surface area contributed by atoms with E-state index in [0.717, 1.165) is 18.2 Å². The maximum atomic E-state index is 12.8. The summed E-state index contributed by atoms with van der Waals surface area (Å²) >= 11 is 0. The van der Waals surface area contributed by atoms with Gasteiger partial charge in [-0.1, -0.05) is 0 Å². The van der Waals surface area contributed by atoms with Crippen LogP contribution < -0.4 is 0 Å². The highest BCUT2D eigenvalue weighted by Crippen LogP contribution is 2.47. The van der Waals surface area contributed by atoms with E-state index in [-0.39, 0.29) is 5.92 Å². The standard InChI is InChI=1S/C9H7ClF2O2S/c10-15(13,14)9-4-8(9)5-1-6(11)3-7(12)2-5/h1-3,8-9H,4H2. The van der Waals surface area contributed by atoms with Crippen molar-refractivity contribution in [2.45, 2.75) is 17.6 Å². The molecule has 1 saturated carbocycles. The summed E-state index contributed by atoms with van der Waals surface area (Å²) in [7, 11) is 1.51. The van der Waals surface area contributed by atoms with Crippen LogP contribution >= 0.6 is 10.7 Å². The molecule has 0 aliphatic heterocycles. The van der Waals surface area contributed by atoms with E-state index in [4.69, 9.17) is 10.7 Å². The Morgan fingerprint density at radius 2 is 1.73 bits per heavy atom. The molecule has 1 aliphatic carbocycles. The first kappa shape index (κ1) is 10.8. The first-order chi connectivity index (χ1) is 6.88. The molecule has 15 heavy (non-hydrogen) atoms. The van der Waals surface area contributed by atoms with Crippen LogP contribution in [0.15, 0.2) is 18.2 Å². The molecule has 0 N–H and O–H groups in total. The van der Waals surface area contributed by atoms with Crippen molar-refractivity contribution in [3.8, 4) is 0 Å². The number of benzene rings is 1. The van der Waals surface area contributed by atoms with Crippen molar-refractivity contribution in [1.29, 1.82) is 0 Å². The summed E-state index contributed by atoms with van der Waals surface area (Å²) in [6.45, 7) is 0. The topological polar surface area (TPSA) is 34.1 Å². The molecule has 0 bridgehead atoms. The fourth-order valence-electron chi connectivity index (χ4n) is 1.62. The zero-order chi connectivity index (χ0) is 11.2. The van der Waals surface area contributed by atoms with Gasteiger partial charge in [0.2, 0.25) is 9.05 Å². The second-order valence-electron chi connectivity index (χ2n) is 3.56. The van der Waals surface area contributed by atoms with Gasteiger partial charge >= 0.3 is 0 Å². The lowest BCUT2D eigenvalue weighted by molar-refractivity contribution is 0.579. The lowest BCUT2D eigenvalue weighted by atomic mass is 10.1. The number of rotatable bonds is 2. The Labute approximate surface area is 90.3 Å². The normalized spacial score (nSPS) is 25.3. The smallest absolute Gasteiger partial charge is 0.212 e. The van der Waals surface area contributed by atoms with Crippen molar-refractivity contribution < 1.29 is 17.2 Å². The predicted molar refractivity (Wildman–Crippen MR) is 52.3 cm³/mol. The van der Waals surface area contributed by atoms with Crippen LogP contribution in [0.3, 0.4) is 0 Å². The van der Waals surface area contributed by atoms with E-state index in [1.54, 1.807) is 0 Å². The van der Waals surface area contributed by atoms with E-state index in [2.05, 4.69) is 0 Å². The van der Waals surface area contributed by atoms with Crippen molar-refractivity contribution in [1.82, 2.24) is 0 Å². The summed E-state index contributed by atoms with van der Waals surface area (Å²) in [5.74, 6) is -1.79. The van der Waals surface area contributed by atoms with Gasteiger partial charge in [0.1, 0.15) is 11.6 Å². The van der Waals surface area contributed by atoms with Crippen molar-refractivity contribution in [2.75, 3.05) is 0 Å². The minimum absolute atomic E-state index is 0.328. The van der Waals surface area contributed by atoms with Crippen LogP contribution in [0.25, 0.3) is 0 Å². The molecule has 1 fully saturated rings. The third-order valence-electron chi connectivity index (χ3n) is 2.41. The Morgan fingerprint density at radius 1 is 1.20 bits per heavy atom. The predicted octanol–water partition coefficient (Wildman–Crippen LogP) is 2.39. The summed E-state index contributed by atoms with van der Waals surface area (Å²) < 4.78 is 47.5. The molecule has 2 nitrogen and oxygen atoms in total. The molecule has 1 aliphatic rings. The summed E-state index contributed by atoms with van der Waals surface area (Å²) in [4.78, 5) is 0. The van der Waals surface area contributed by atoms with Crippen LogP contribution in [-0.2, 0) is 9.05 Å². The highest BCUT2D eigenvalue weighted by atomic mass is 35.7. The van der Waals surface area contributed by atoms with E-state index in [1.807, 2.05) is 0 Å². The minimum Gasteiger partial charge on any atom is -0.212 e. The lowest BCUT2D eigenvalue weighted by Gasteiger charge is -1.99. The fourth-order valence-corrected chi connectivity index (χ4v) is 3.20. The van der Waals surface area contributed by atoms with Gasteiger partial charge in [0, 0.05) is 22.7 Å². The second-order valence-corrected chi connectivity index (χ2v) is 6.41. The van der Waals surface area contributed by atoms with Gasteiger partial charge in [-0.15, -0.1) is 0 Å². The van der Waals surface area contributed by atoms with E-state index in [0.29, 0.717) is 12.0 Å². The average molecular weight is 253 g/mol. The van der Waals surface area contributed by atoms with Crippen LogP contribution in [0, 0.1) is 11.6 Å². The molecule has 82 valence electrons. The molecular weight excluding hydrogens is 246 g/mol. The molecule has 0 radical (unpaired) electrons. The van der Waals surface area contributed by atoms with Gasteiger partial charge in [-0.05, 0) is 24.1 Å². The van der Waals surface area contributed by atoms with Gasteiger partial charge < -0.3 is 0 Å². The maximum absolute atomic E-state index is 12.8. The van der Waals surface area contributed by atoms with Crippen molar-refractivity contribution in [3.05, 3.63) is 35.4 Å². The Balaban J connectivity index is 2.27. The van der Waals surface area contributed by atoms with Crippen molar-refractivity contribution in [2.24, 2.45) is 0 Å².